The zero-order valence-electron chi connectivity index (χ0n) is 15.6. The number of thiophene rings is 1. The van der Waals surface area contributed by atoms with Gasteiger partial charge in [-0.05, 0) is 33.3 Å². The van der Waals surface area contributed by atoms with Crippen LogP contribution in [0.4, 0.5) is 5.69 Å². The average molecular weight is 376 g/mol. The number of hydrogen-bond acceptors (Lipinski definition) is 7. The molecule has 0 N–H and O–H groups in total. The van der Waals surface area contributed by atoms with Crippen LogP contribution in [0.3, 0.4) is 0 Å². The van der Waals surface area contributed by atoms with Gasteiger partial charge in [-0.2, -0.15) is 0 Å². The van der Waals surface area contributed by atoms with Gasteiger partial charge in [0.2, 0.25) is 0 Å². The van der Waals surface area contributed by atoms with Gasteiger partial charge in [-0.15, -0.1) is 11.3 Å². The molecule has 1 unspecified atom stereocenters. The van der Waals surface area contributed by atoms with E-state index in [4.69, 9.17) is 19.2 Å². The molecule has 26 heavy (non-hydrogen) atoms. The second kappa shape index (κ2) is 7.72. The molecule has 0 radical (unpaired) electrons. The molecule has 0 aliphatic carbocycles. The van der Waals surface area contributed by atoms with Gasteiger partial charge in [-0.1, -0.05) is 6.92 Å². The van der Waals surface area contributed by atoms with Crippen molar-refractivity contribution in [3.8, 4) is 0 Å². The summed E-state index contributed by atoms with van der Waals surface area (Å²) in [5.41, 5.74) is 2.44. The third-order valence-corrected chi connectivity index (χ3v) is 5.64. The van der Waals surface area contributed by atoms with Gasteiger partial charge in [-0.25, -0.2) is 14.8 Å². The van der Waals surface area contributed by atoms with E-state index in [1.807, 2.05) is 13.0 Å². The Kier molecular flexibility index (Phi) is 5.58. The maximum absolute atomic E-state index is 12.4. The Bertz CT molecular complexity index is 846. The molecule has 3 rings (SSSR count). The number of nitrogens with zero attached hydrogens (tertiary/aromatic N) is 2. The third kappa shape index (κ3) is 3.59. The van der Waals surface area contributed by atoms with E-state index in [0.29, 0.717) is 30.4 Å². The van der Waals surface area contributed by atoms with Crippen LogP contribution < -0.4 is 0 Å². The molecule has 0 amide bonds. The molecule has 0 fully saturated rings. The highest BCUT2D eigenvalue weighted by Gasteiger charge is 2.31. The Hall–Kier alpha value is -1.99. The minimum Gasteiger partial charge on any atom is -0.483 e. The Morgan fingerprint density at radius 1 is 1.42 bits per heavy atom. The van der Waals surface area contributed by atoms with Crippen molar-refractivity contribution in [1.29, 1.82) is 0 Å². The van der Waals surface area contributed by atoms with Crippen molar-refractivity contribution >= 4 is 39.6 Å². The number of rotatable bonds is 6. The highest BCUT2D eigenvalue weighted by molar-refractivity contribution is 7.21. The second-order valence-corrected chi connectivity index (χ2v) is 7.40. The molecule has 6 nitrogen and oxygen atoms in total. The molecule has 3 heterocycles. The maximum Gasteiger partial charge on any atom is 0.350 e. The molecule has 7 heteroatoms. The van der Waals surface area contributed by atoms with E-state index < -0.39 is 0 Å². The van der Waals surface area contributed by atoms with Crippen LogP contribution in [0, 0.1) is 0 Å². The van der Waals surface area contributed by atoms with Crippen LogP contribution in [0.5, 0.6) is 0 Å². The molecule has 0 aromatic carbocycles. The van der Waals surface area contributed by atoms with Crippen LogP contribution in [0.1, 0.15) is 55.0 Å². The molecular weight excluding hydrogens is 352 g/mol. The van der Waals surface area contributed by atoms with Crippen molar-refractivity contribution < 1.29 is 19.0 Å². The number of pyridine rings is 1. The molecule has 2 aromatic heterocycles. The van der Waals surface area contributed by atoms with Crippen LogP contribution in [0.15, 0.2) is 11.1 Å². The molecule has 0 saturated carbocycles. The topological polar surface area (TPSA) is 70.0 Å². The van der Waals surface area contributed by atoms with Crippen LogP contribution in [-0.4, -0.2) is 36.2 Å². The lowest BCUT2D eigenvalue weighted by Gasteiger charge is -2.33. The highest BCUT2D eigenvalue weighted by Crippen LogP contribution is 2.40. The van der Waals surface area contributed by atoms with Gasteiger partial charge in [0, 0.05) is 17.4 Å². The average Bonchev–Trinajstić information content (AvgIpc) is 2.98. The van der Waals surface area contributed by atoms with Crippen molar-refractivity contribution in [2.45, 2.75) is 52.7 Å². The van der Waals surface area contributed by atoms with Crippen LogP contribution in [0.2, 0.25) is 0 Å². The van der Waals surface area contributed by atoms with Gasteiger partial charge in [0.1, 0.15) is 15.4 Å². The molecule has 0 saturated heterocycles. The standard InChI is InChI=1S/C19H24N2O4S/c1-5-19(4)9-14-12(10-25-19)8-13-15(20-11-23-6-2)16(18(22)24-7-3)26-17(13)21-14/h8,11H,5-7,9-10H2,1-4H3. The second-order valence-electron chi connectivity index (χ2n) is 6.41. The van der Waals surface area contributed by atoms with E-state index in [1.165, 1.54) is 17.7 Å². The van der Waals surface area contributed by atoms with E-state index in [9.17, 15) is 4.79 Å². The number of carbonyl (C=O) groups excluding carboxylic acids is 1. The van der Waals surface area contributed by atoms with E-state index in [2.05, 4.69) is 18.8 Å². The first kappa shape index (κ1) is 18.8. The summed E-state index contributed by atoms with van der Waals surface area (Å²) < 4.78 is 16.4. The zero-order chi connectivity index (χ0) is 18.7. The largest absolute Gasteiger partial charge is 0.483 e. The van der Waals surface area contributed by atoms with Crippen molar-refractivity contribution in [2.75, 3.05) is 13.2 Å². The fourth-order valence-electron chi connectivity index (χ4n) is 2.88. The Morgan fingerprint density at radius 2 is 2.23 bits per heavy atom. The maximum atomic E-state index is 12.4. The lowest BCUT2D eigenvalue weighted by molar-refractivity contribution is -0.0573. The lowest BCUT2D eigenvalue weighted by atomic mass is 9.91. The number of carbonyl (C=O) groups is 1. The minimum atomic E-state index is -0.383. The molecule has 1 aliphatic heterocycles. The number of hydrogen-bond donors (Lipinski definition) is 0. The summed E-state index contributed by atoms with van der Waals surface area (Å²) in [5, 5.41) is 0.830. The van der Waals surface area contributed by atoms with Gasteiger partial charge in [-0.3, -0.25) is 0 Å². The number of aliphatic imine (C=N–C) groups is 1. The summed E-state index contributed by atoms with van der Waals surface area (Å²) in [6.45, 7) is 9.23. The van der Waals surface area contributed by atoms with E-state index in [1.54, 1.807) is 6.92 Å². The molecule has 0 bridgehead atoms. The first-order valence-electron chi connectivity index (χ1n) is 8.91. The van der Waals surface area contributed by atoms with E-state index >= 15 is 0 Å². The van der Waals surface area contributed by atoms with Gasteiger partial charge < -0.3 is 14.2 Å². The number of fused-ring (bicyclic) bond motifs is 2. The normalized spacial score (nSPS) is 19.7. The first-order valence-corrected chi connectivity index (χ1v) is 9.73. The predicted octanol–water partition coefficient (Wildman–Crippen LogP) is 4.41. The highest BCUT2D eigenvalue weighted by atomic mass is 32.1. The number of esters is 1. The van der Waals surface area contributed by atoms with Gasteiger partial charge in [0.05, 0.1) is 31.1 Å². The Labute approximate surface area is 157 Å². The summed E-state index contributed by atoms with van der Waals surface area (Å²) in [7, 11) is 0. The minimum absolute atomic E-state index is 0.190. The lowest BCUT2D eigenvalue weighted by Crippen LogP contribution is -2.35. The quantitative estimate of drug-likeness (QED) is 0.424. The van der Waals surface area contributed by atoms with E-state index in [0.717, 1.165) is 34.3 Å². The van der Waals surface area contributed by atoms with Crippen LogP contribution in [0.25, 0.3) is 10.2 Å². The van der Waals surface area contributed by atoms with Crippen LogP contribution in [-0.2, 0) is 27.2 Å². The smallest absolute Gasteiger partial charge is 0.350 e. The van der Waals surface area contributed by atoms with Gasteiger partial charge in [0.25, 0.3) is 0 Å². The van der Waals surface area contributed by atoms with Crippen molar-refractivity contribution in [3.63, 3.8) is 0 Å². The summed E-state index contributed by atoms with van der Waals surface area (Å²) in [6.07, 6.45) is 3.06. The van der Waals surface area contributed by atoms with Crippen LogP contribution >= 0.6 is 11.3 Å². The summed E-state index contributed by atoms with van der Waals surface area (Å²) in [4.78, 5) is 22.8. The van der Waals surface area contributed by atoms with Crippen molar-refractivity contribution in [3.05, 3.63) is 22.2 Å². The van der Waals surface area contributed by atoms with Crippen molar-refractivity contribution in [1.82, 2.24) is 4.98 Å². The SMILES string of the molecule is CCOC=Nc1c(C(=O)OCC)sc2nc3c(cc12)COC(C)(CC)C3. The van der Waals surface area contributed by atoms with Crippen molar-refractivity contribution in [2.24, 2.45) is 4.99 Å². The van der Waals surface area contributed by atoms with Gasteiger partial charge in [0.15, 0.2) is 6.40 Å². The molecule has 1 aliphatic rings. The third-order valence-electron chi connectivity index (χ3n) is 4.57. The summed E-state index contributed by atoms with van der Waals surface area (Å²) in [5.74, 6) is -0.383. The number of aromatic nitrogens is 1. The molecule has 140 valence electrons. The fraction of sp³-hybridized carbons (Fsp3) is 0.526. The van der Waals surface area contributed by atoms with Gasteiger partial charge >= 0.3 is 5.97 Å². The zero-order valence-corrected chi connectivity index (χ0v) is 16.4. The monoisotopic (exact) mass is 376 g/mol. The first-order chi connectivity index (χ1) is 12.5. The molecule has 1 atom stereocenters. The fourth-order valence-corrected chi connectivity index (χ4v) is 3.89. The number of ether oxygens (including phenoxy) is 3. The molecule has 0 spiro atoms. The molecular formula is C19H24N2O4S. The predicted molar refractivity (Wildman–Crippen MR) is 103 cm³/mol. The van der Waals surface area contributed by atoms with E-state index in [-0.39, 0.29) is 11.6 Å². The summed E-state index contributed by atoms with van der Waals surface area (Å²) in [6, 6.07) is 2.03. The Morgan fingerprint density at radius 3 is 2.92 bits per heavy atom. The summed E-state index contributed by atoms with van der Waals surface area (Å²) >= 11 is 1.31. The Balaban J connectivity index is 2.10. The molecule has 2 aromatic rings.